The van der Waals surface area contributed by atoms with Crippen LogP contribution in [0.3, 0.4) is 0 Å². The van der Waals surface area contributed by atoms with Gasteiger partial charge in [-0.3, -0.25) is 0 Å². The number of hydrogen-bond donors (Lipinski definition) is 2. The lowest BCUT2D eigenvalue weighted by atomic mass is 10.1. The monoisotopic (exact) mass is 354 g/mol. The van der Waals surface area contributed by atoms with Gasteiger partial charge in [-0.15, -0.1) is 0 Å². The van der Waals surface area contributed by atoms with E-state index in [0.29, 0.717) is 6.54 Å². The fourth-order valence-electron chi connectivity index (χ4n) is 3.51. The second-order valence-corrected chi connectivity index (χ2v) is 6.63. The third kappa shape index (κ3) is 3.12. The van der Waals surface area contributed by atoms with E-state index in [0.717, 1.165) is 53.2 Å². The Balaban J connectivity index is 1.43. The summed E-state index contributed by atoms with van der Waals surface area (Å²) in [6.45, 7) is 3.05. The second kappa shape index (κ2) is 6.74. The van der Waals surface area contributed by atoms with Gasteiger partial charge in [-0.2, -0.15) is 0 Å². The predicted molar refractivity (Wildman–Crippen MR) is 97.0 cm³/mol. The van der Waals surface area contributed by atoms with Crippen molar-refractivity contribution in [1.29, 1.82) is 0 Å². The summed E-state index contributed by atoms with van der Waals surface area (Å²) in [5.74, 6) is 1.57. The first kappa shape index (κ1) is 16.5. The van der Waals surface area contributed by atoms with E-state index in [4.69, 9.17) is 9.26 Å². The van der Waals surface area contributed by atoms with Crippen molar-refractivity contribution in [1.82, 2.24) is 20.4 Å². The molecule has 1 aliphatic heterocycles. The number of nitrogens with zero attached hydrogens (tertiary/aromatic N) is 2. The molecule has 0 bridgehead atoms. The van der Waals surface area contributed by atoms with Gasteiger partial charge in [0.15, 0.2) is 5.76 Å². The Kier molecular flexibility index (Phi) is 4.28. The number of aromatic nitrogens is 2. The Bertz CT molecular complexity index is 930. The largest absolute Gasteiger partial charge is 0.497 e. The molecule has 7 heteroatoms. The number of aromatic amines is 1. The minimum atomic E-state index is -0.0854. The average Bonchev–Trinajstić information content (AvgIpc) is 3.37. The minimum absolute atomic E-state index is 0.0387. The lowest BCUT2D eigenvalue weighted by Gasteiger charge is -2.22. The molecule has 2 N–H and O–H groups in total. The maximum absolute atomic E-state index is 12.6. The van der Waals surface area contributed by atoms with Crippen molar-refractivity contribution < 1.29 is 14.1 Å². The zero-order valence-electron chi connectivity index (χ0n) is 14.9. The molecule has 1 aliphatic rings. The molecule has 1 fully saturated rings. The van der Waals surface area contributed by atoms with E-state index in [1.807, 2.05) is 42.2 Å². The molecule has 1 saturated heterocycles. The van der Waals surface area contributed by atoms with Crippen LogP contribution in [0.15, 0.2) is 34.9 Å². The van der Waals surface area contributed by atoms with E-state index in [2.05, 4.69) is 15.5 Å². The summed E-state index contributed by atoms with van der Waals surface area (Å²) in [6.07, 6.45) is 1.86. The Morgan fingerprint density at radius 3 is 3.08 bits per heavy atom. The van der Waals surface area contributed by atoms with Gasteiger partial charge in [0.25, 0.3) is 0 Å². The number of carbonyl (C=O) groups is 1. The minimum Gasteiger partial charge on any atom is -0.497 e. The Morgan fingerprint density at radius 2 is 2.31 bits per heavy atom. The number of rotatable bonds is 4. The zero-order valence-corrected chi connectivity index (χ0v) is 14.9. The predicted octanol–water partition coefficient (Wildman–Crippen LogP) is 3.52. The van der Waals surface area contributed by atoms with Crippen LogP contribution in [0.2, 0.25) is 0 Å². The van der Waals surface area contributed by atoms with Gasteiger partial charge in [-0.05, 0) is 44.0 Å². The maximum atomic E-state index is 12.6. The molecular formula is C19H22N4O3. The summed E-state index contributed by atoms with van der Waals surface area (Å²) in [5.41, 5.74) is 2.81. The number of hydrogen-bond acceptors (Lipinski definition) is 4. The number of methoxy groups -OCH3 is 1. The molecule has 3 heterocycles. The van der Waals surface area contributed by atoms with Crippen LogP contribution >= 0.6 is 0 Å². The quantitative estimate of drug-likeness (QED) is 0.751. The lowest BCUT2D eigenvalue weighted by Crippen LogP contribution is -2.39. The number of aryl methyl sites for hydroxylation is 1. The van der Waals surface area contributed by atoms with Gasteiger partial charge in [0.2, 0.25) is 0 Å². The third-order valence-electron chi connectivity index (χ3n) is 4.80. The molecule has 0 unspecified atom stereocenters. The van der Waals surface area contributed by atoms with Crippen molar-refractivity contribution in [2.24, 2.45) is 0 Å². The number of likely N-dealkylation sites (tertiary alicyclic amines) is 1. The van der Waals surface area contributed by atoms with Crippen LogP contribution < -0.4 is 10.1 Å². The van der Waals surface area contributed by atoms with Gasteiger partial charge in [0.05, 0.1) is 25.4 Å². The highest BCUT2D eigenvalue weighted by molar-refractivity contribution is 5.82. The van der Waals surface area contributed by atoms with Gasteiger partial charge in [-0.1, -0.05) is 5.16 Å². The van der Waals surface area contributed by atoms with Crippen LogP contribution in [0.4, 0.5) is 4.79 Å². The van der Waals surface area contributed by atoms with E-state index < -0.39 is 0 Å². The molecule has 1 aromatic carbocycles. The molecule has 0 radical (unpaired) electrons. The van der Waals surface area contributed by atoms with E-state index in [1.54, 1.807) is 7.11 Å². The van der Waals surface area contributed by atoms with Crippen LogP contribution in [-0.2, 0) is 6.54 Å². The Labute approximate surface area is 151 Å². The van der Waals surface area contributed by atoms with Gasteiger partial charge >= 0.3 is 6.03 Å². The van der Waals surface area contributed by atoms with Crippen LogP contribution in [0, 0.1) is 6.92 Å². The fourth-order valence-corrected chi connectivity index (χ4v) is 3.51. The highest BCUT2D eigenvalue weighted by Crippen LogP contribution is 2.32. The van der Waals surface area contributed by atoms with Crippen LogP contribution in [0.1, 0.15) is 36.0 Å². The lowest BCUT2D eigenvalue weighted by molar-refractivity contribution is 0.182. The van der Waals surface area contributed by atoms with Gasteiger partial charge in [0.1, 0.15) is 5.75 Å². The van der Waals surface area contributed by atoms with E-state index in [-0.39, 0.29) is 12.1 Å². The third-order valence-corrected chi connectivity index (χ3v) is 4.80. The molecule has 26 heavy (non-hydrogen) atoms. The normalized spacial score (nSPS) is 17.0. The van der Waals surface area contributed by atoms with Crippen molar-refractivity contribution in [3.05, 3.63) is 47.5 Å². The van der Waals surface area contributed by atoms with Crippen molar-refractivity contribution in [2.45, 2.75) is 32.4 Å². The van der Waals surface area contributed by atoms with Gasteiger partial charge in [0, 0.05) is 29.2 Å². The molecule has 4 rings (SSSR count). The average molecular weight is 354 g/mol. The van der Waals surface area contributed by atoms with E-state index >= 15 is 0 Å². The molecule has 7 nitrogen and oxygen atoms in total. The van der Waals surface area contributed by atoms with Crippen molar-refractivity contribution in [3.8, 4) is 5.75 Å². The molecule has 0 spiro atoms. The molecule has 0 aliphatic carbocycles. The number of amides is 2. The first-order valence-electron chi connectivity index (χ1n) is 8.77. The summed E-state index contributed by atoms with van der Waals surface area (Å²) in [4.78, 5) is 17.8. The SMILES string of the molecule is COc1ccc2[nH]c(CNC(=O)N3CCC[C@@H]3c3cc(C)no3)cc2c1. The first-order valence-corrected chi connectivity index (χ1v) is 8.77. The van der Waals surface area contributed by atoms with Gasteiger partial charge in [-0.25, -0.2) is 4.79 Å². The first-order chi connectivity index (χ1) is 12.6. The molecule has 3 aromatic rings. The number of fused-ring (bicyclic) bond motifs is 1. The Morgan fingerprint density at radius 1 is 1.42 bits per heavy atom. The van der Waals surface area contributed by atoms with Crippen LogP contribution in [-0.4, -0.2) is 34.7 Å². The Hall–Kier alpha value is -2.96. The summed E-state index contributed by atoms with van der Waals surface area (Å²) in [6, 6.07) is 9.67. The summed E-state index contributed by atoms with van der Waals surface area (Å²) in [7, 11) is 1.65. The van der Waals surface area contributed by atoms with Crippen LogP contribution in [0.5, 0.6) is 5.75 Å². The topological polar surface area (TPSA) is 83.4 Å². The highest BCUT2D eigenvalue weighted by Gasteiger charge is 2.32. The molecule has 1 atom stereocenters. The molecular weight excluding hydrogens is 332 g/mol. The van der Waals surface area contributed by atoms with Crippen molar-refractivity contribution in [3.63, 3.8) is 0 Å². The molecule has 2 aromatic heterocycles. The standard InChI is InChI=1S/C19H22N4O3/c1-12-8-18(26-22-12)17-4-3-7-23(17)19(24)20-11-14-9-13-10-15(25-2)5-6-16(13)21-14/h5-6,8-10,17,21H,3-4,7,11H2,1-2H3,(H,20,24)/t17-/m1/s1. The summed E-state index contributed by atoms with van der Waals surface area (Å²) in [5, 5.41) is 8.00. The highest BCUT2D eigenvalue weighted by atomic mass is 16.5. The zero-order chi connectivity index (χ0) is 18.1. The molecule has 2 amide bonds. The van der Waals surface area contributed by atoms with Crippen LogP contribution in [0.25, 0.3) is 10.9 Å². The summed E-state index contributed by atoms with van der Waals surface area (Å²) >= 11 is 0. The number of ether oxygens (including phenoxy) is 1. The summed E-state index contributed by atoms with van der Waals surface area (Å²) < 4.78 is 10.6. The van der Waals surface area contributed by atoms with Crippen molar-refractivity contribution >= 4 is 16.9 Å². The smallest absolute Gasteiger partial charge is 0.318 e. The molecule has 0 saturated carbocycles. The number of H-pyrrole nitrogens is 1. The number of nitrogens with one attached hydrogen (secondary N) is 2. The second-order valence-electron chi connectivity index (χ2n) is 6.63. The van der Waals surface area contributed by atoms with E-state index in [1.165, 1.54) is 0 Å². The number of urea groups is 1. The molecule has 136 valence electrons. The van der Waals surface area contributed by atoms with Crippen molar-refractivity contribution in [2.75, 3.05) is 13.7 Å². The maximum Gasteiger partial charge on any atom is 0.318 e. The fraction of sp³-hybridized carbons (Fsp3) is 0.368. The number of benzene rings is 1. The number of carbonyl (C=O) groups excluding carboxylic acids is 1. The van der Waals surface area contributed by atoms with E-state index in [9.17, 15) is 4.79 Å². The van der Waals surface area contributed by atoms with Gasteiger partial charge < -0.3 is 24.5 Å².